The highest BCUT2D eigenvalue weighted by molar-refractivity contribution is 7.13. The van der Waals surface area contributed by atoms with E-state index in [-0.39, 0.29) is 17.9 Å². The molecule has 0 saturated heterocycles. The molecule has 0 aliphatic heterocycles. The number of carboxylic acid groups (broad SMARTS) is 1. The molecule has 0 radical (unpaired) electrons. The van der Waals surface area contributed by atoms with Crippen molar-refractivity contribution in [3.63, 3.8) is 0 Å². The predicted octanol–water partition coefficient (Wildman–Crippen LogP) is 4.38. The van der Waals surface area contributed by atoms with Crippen molar-refractivity contribution < 1.29 is 27.8 Å². The minimum atomic E-state index is -4.87. The van der Waals surface area contributed by atoms with Crippen LogP contribution in [0.1, 0.15) is 24.6 Å². The summed E-state index contributed by atoms with van der Waals surface area (Å²) >= 11 is 1.13. The molecule has 0 aliphatic carbocycles. The number of carboxylic acids is 1. The minimum Gasteiger partial charge on any atom is -0.479 e. The number of alkyl halides is 3. The van der Waals surface area contributed by atoms with Crippen molar-refractivity contribution in [3.8, 4) is 22.7 Å². The number of aliphatic carboxylic acids is 1. The number of ether oxygens (including phenoxy) is 1. The zero-order chi connectivity index (χ0) is 26.4. The Hall–Kier alpha value is -3.93. The number of hydrogen-bond donors (Lipinski definition) is 1. The molecule has 4 aromatic rings. The van der Waals surface area contributed by atoms with Crippen molar-refractivity contribution >= 4 is 27.6 Å². The van der Waals surface area contributed by atoms with Crippen molar-refractivity contribution in [2.75, 3.05) is 0 Å². The van der Waals surface area contributed by atoms with Crippen LogP contribution in [0.15, 0.2) is 52.1 Å². The molecule has 0 bridgehead atoms. The molecule has 0 spiro atoms. The van der Waals surface area contributed by atoms with Crippen LogP contribution in [0.2, 0.25) is 0 Å². The molecule has 188 valence electrons. The van der Waals surface area contributed by atoms with Crippen LogP contribution in [0.3, 0.4) is 0 Å². The molecular weight excluding hydrogens is 499 g/mol. The average Bonchev–Trinajstić information content (AvgIpc) is 3.23. The average molecular weight is 520 g/mol. The van der Waals surface area contributed by atoms with E-state index in [4.69, 9.17) is 4.74 Å². The zero-order valence-electron chi connectivity index (χ0n) is 19.3. The second-order valence-corrected chi connectivity index (χ2v) is 8.91. The fraction of sp³-hybridized carbons (Fsp3) is 0.250. The standard InChI is InChI=1S/C24H20F3N3O5S/c1-4-16(22(32)33)35-17-7-5-12(2)9-14(17)21-15-10-13(6-8-18(15)36-28-21)30-20(31)11-19(24(25,26)27)29(3)23(30)34/h5-11,16H,4H2,1-3H3,(H,32,33). The summed E-state index contributed by atoms with van der Waals surface area (Å²) in [5.74, 6) is -0.831. The highest BCUT2D eigenvalue weighted by atomic mass is 32.1. The number of fused-ring (bicyclic) bond motifs is 1. The lowest BCUT2D eigenvalue weighted by molar-refractivity contribution is -0.145. The van der Waals surface area contributed by atoms with Crippen molar-refractivity contribution in [3.05, 3.63) is 74.6 Å². The summed E-state index contributed by atoms with van der Waals surface area (Å²) in [6.07, 6.45) is -5.72. The van der Waals surface area contributed by atoms with Crippen molar-refractivity contribution in [1.82, 2.24) is 13.5 Å². The Bertz CT molecular complexity index is 1600. The Labute approximate surface area is 206 Å². The third-order valence-electron chi connectivity index (χ3n) is 5.63. The molecule has 12 heteroatoms. The maximum atomic E-state index is 13.2. The van der Waals surface area contributed by atoms with Crippen LogP contribution in [0.5, 0.6) is 5.75 Å². The van der Waals surface area contributed by atoms with E-state index in [1.165, 1.54) is 12.1 Å². The number of aryl methyl sites for hydroxylation is 1. The van der Waals surface area contributed by atoms with Gasteiger partial charge in [0, 0.05) is 24.1 Å². The number of carbonyl (C=O) groups is 1. The fourth-order valence-electron chi connectivity index (χ4n) is 3.79. The summed E-state index contributed by atoms with van der Waals surface area (Å²) in [6, 6.07) is 10.1. The van der Waals surface area contributed by atoms with E-state index >= 15 is 0 Å². The topological polar surface area (TPSA) is 103 Å². The summed E-state index contributed by atoms with van der Waals surface area (Å²) < 4.78 is 51.6. The van der Waals surface area contributed by atoms with E-state index in [0.29, 0.717) is 36.5 Å². The fourth-order valence-corrected chi connectivity index (χ4v) is 4.56. The van der Waals surface area contributed by atoms with Crippen LogP contribution >= 0.6 is 11.5 Å². The first-order valence-electron chi connectivity index (χ1n) is 10.7. The van der Waals surface area contributed by atoms with Gasteiger partial charge in [-0.3, -0.25) is 9.36 Å². The van der Waals surface area contributed by atoms with E-state index in [2.05, 4.69) is 4.37 Å². The number of rotatable bonds is 6. The van der Waals surface area contributed by atoms with Crippen LogP contribution < -0.4 is 16.0 Å². The van der Waals surface area contributed by atoms with Gasteiger partial charge in [0.15, 0.2) is 6.10 Å². The minimum absolute atomic E-state index is 0.0652. The van der Waals surface area contributed by atoms with Gasteiger partial charge in [-0.2, -0.15) is 17.5 Å². The van der Waals surface area contributed by atoms with Crippen LogP contribution in [0.25, 0.3) is 27.0 Å². The molecule has 36 heavy (non-hydrogen) atoms. The lowest BCUT2D eigenvalue weighted by Gasteiger charge is -2.16. The molecular formula is C24H20F3N3O5S. The van der Waals surface area contributed by atoms with Gasteiger partial charge in [0.2, 0.25) is 0 Å². The van der Waals surface area contributed by atoms with Crippen LogP contribution in [0, 0.1) is 6.92 Å². The third kappa shape index (κ3) is 4.51. The molecule has 2 aromatic carbocycles. The molecule has 2 heterocycles. The van der Waals surface area contributed by atoms with E-state index in [1.807, 2.05) is 6.92 Å². The number of benzene rings is 2. The van der Waals surface area contributed by atoms with Gasteiger partial charge in [0.25, 0.3) is 5.56 Å². The molecule has 1 N–H and O–H groups in total. The Morgan fingerprint density at radius 1 is 1.17 bits per heavy atom. The number of hydrogen-bond acceptors (Lipinski definition) is 6. The predicted molar refractivity (Wildman–Crippen MR) is 128 cm³/mol. The Morgan fingerprint density at radius 3 is 2.53 bits per heavy atom. The first-order chi connectivity index (χ1) is 16.9. The molecule has 0 amide bonds. The summed E-state index contributed by atoms with van der Waals surface area (Å²) in [6.45, 7) is 3.52. The summed E-state index contributed by atoms with van der Waals surface area (Å²) in [4.78, 5) is 36.8. The molecule has 0 fully saturated rings. The molecule has 1 atom stereocenters. The normalized spacial score (nSPS) is 12.6. The highest BCUT2D eigenvalue weighted by Crippen LogP contribution is 2.38. The Morgan fingerprint density at radius 2 is 1.89 bits per heavy atom. The molecule has 2 aromatic heterocycles. The van der Waals surface area contributed by atoms with Gasteiger partial charge in [-0.05, 0) is 55.2 Å². The first-order valence-corrected chi connectivity index (χ1v) is 11.5. The zero-order valence-corrected chi connectivity index (χ0v) is 20.1. The van der Waals surface area contributed by atoms with Crippen LogP contribution in [-0.4, -0.2) is 30.7 Å². The molecule has 8 nitrogen and oxygen atoms in total. The van der Waals surface area contributed by atoms with Gasteiger partial charge in [0.05, 0.1) is 16.1 Å². The van der Waals surface area contributed by atoms with Gasteiger partial charge < -0.3 is 9.84 Å². The Balaban J connectivity index is 1.90. The van der Waals surface area contributed by atoms with E-state index in [9.17, 15) is 32.7 Å². The van der Waals surface area contributed by atoms with Crippen molar-refractivity contribution in [2.24, 2.45) is 7.05 Å². The van der Waals surface area contributed by atoms with Crippen LogP contribution in [0.4, 0.5) is 13.2 Å². The summed E-state index contributed by atoms with van der Waals surface area (Å²) in [5.41, 5.74) is -1.77. The van der Waals surface area contributed by atoms with Crippen molar-refractivity contribution in [2.45, 2.75) is 32.5 Å². The first kappa shape index (κ1) is 25.2. The number of aromatic nitrogens is 3. The van der Waals surface area contributed by atoms with Crippen molar-refractivity contribution in [1.29, 1.82) is 0 Å². The lowest BCUT2D eigenvalue weighted by Crippen LogP contribution is -2.40. The van der Waals surface area contributed by atoms with Gasteiger partial charge >= 0.3 is 17.8 Å². The van der Waals surface area contributed by atoms with Gasteiger partial charge in [-0.25, -0.2) is 14.2 Å². The van der Waals surface area contributed by atoms with E-state index in [1.54, 1.807) is 31.2 Å². The SMILES string of the molecule is CCC(Oc1ccc(C)cc1-c1nsc2ccc(-n3c(=O)cc(C(F)(F)F)n(C)c3=O)cc12)C(=O)O. The lowest BCUT2D eigenvalue weighted by atomic mass is 10.0. The molecule has 1 unspecified atom stereocenters. The third-order valence-corrected chi connectivity index (χ3v) is 6.45. The second kappa shape index (κ2) is 9.26. The maximum Gasteiger partial charge on any atom is 0.431 e. The highest BCUT2D eigenvalue weighted by Gasteiger charge is 2.35. The van der Waals surface area contributed by atoms with Gasteiger partial charge in [0.1, 0.15) is 11.4 Å². The Kier molecular flexibility index (Phi) is 6.48. The second-order valence-electron chi connectivity index (χ2n) is 8.11. The quantitative estimate of drug-likeness (QED) is 0.406. The molecule has 0 saturated carbocycles. The molecule has 0 aliphatic rings. The smallest absolute Gasteiger partial charge is 0.431 e. The maximum absolute atomic E-state index is 13.2. The van der Waals surface area contributed by atoms with Gasteiger partial charge in [-0.1, -0.05) is 18.6 Å². The number of halogens is 3. The summed E-state index contributed by atoms with van der Waals surface area (Å²) in [5, 5.41) is 9.93. The van der Waals surface area contributed by atoms with E-state index < -0.39 is 35.2 Å². The van der Waals surface area contributed by atoms with Gasteiger partial charge in [-0.15, -0.1) is 0 Å². The summed E-state index contributed by atoms with van der Waals surface area (Å²) in [7, 11) is 0.945. The molecule has 4 rings (SSSR count). The number of nitrogens with zero attached hydrogens (tertiary/aromatic N) is 3. The largest absolute Gasteiger partial charge is 0.479 e. The van der Waals surface area contributed by atoms with Crippen LogP contribution in [-0.2, 0) is 18.0 Å². The van der Waals surface area contributed by atoms with E-state index in [0.717, 1.165) is 24.1 Å². The monoisotopic (exact) mass is 519 g/mol.